The fourth-order valence-electron chi connectivity index (χ4n) is 1.85. The van der Waals surface area contributed by atoms with Crippen LogP contribution in [-0.4, -0.2) is 16.3 Å². The van der Waals surface area contributed by atoms with Gasteiger partial charge in [-0.2, -0.15) is 0 Å². The predicted octanol–water partition coefficient (Wildman–Crippen LogP) is 3.38. The molecule has 0 unspecified atom stereocenters. The normalized spacial score (nSPS) is 10.1. The number of hydrogen-bond acceptors (Lipinski definition) is 4. The van der Waals surface area contributed by atoms with Crippen molar-refractivity contribution in [3.8, 4) is 11.3 Å². The zero-order chi connectivity index (χ0) is 14.5. The molecule has 0 radical (unpaired) electrons. The molecule has 3 aromatic rings. The quantitative estimate of drug-likeness (QED) is 0.770. The first-order chi connectivity index (χ1) is 10.3. The Morgan fingerprint density at radius 3 is 2.24 bits per heavy atom. The summed E-state index contributed by atoms with van der Waals surface area (Å²) in [6.07, 6.45) is 0. The number of benzene rings is 2. The number of rotatable bonds is 3. The molecule has 0 spiro atoms. The van der Waals surface area contributed by atoms with Crippen LogP contribution in [0.4, 0.5) is 16.3 Å². The highest BCUT2D eigenvalue weighted by Crippen LogP contribution is 2.23. The summed E-state index contributed by atoms with van der Waals surface area (Å²) in [5, 5.41) is 12.9. The lowest BCUT2D eigenvalue weighted by molar-refractivity contribution is 0.261. The minimum Gasteiger partial charge on any atom is -0.308 e. The standard InChI is InChI=1S/C15H12N4O2/c20-15(16-12-9-5-2-6-10-12)17-14-13(18-21-19-14)11-7-3-1-4-8-11/h1-10H,(H2,16,17,19,20). The van der Waals surface area contributed by atoms with Gasteiger partial charge in [-0.15, -0.1) is 0 Å². The summed E-state index contributed by atoms with van der Waals surface area (Å²) in [7, 11) is 0. The molecule has 21 heavy (non-hydrogen) atoms. The second kappa shape index (κ2) is 5.87. The summed E-state index contributed by atoms with van der Waals surface area (Å²) in [6.45, 7) is 0. The van der Waals surface area contributed by atoms with Gasteiger partial charge in [-0.05, 0) is 22.4 Å². The molecule has 6 heteroatoms. The Hall–Kier alpha value is -3.15. The van der Waals surface area contributed by atoms with E-state index in [0.29, 0.717) is 11.4 Å². The maximum absolute atomic E-state index is 11.9. The first kappa shape index (κ1) is 12.9. The van der Waals surface area contributed by atoms with Gasteiger partial charge in [0.1, 0.15) is 0 Å². The lowest BCUT2D eigenvalue weighted by Crippen LogP contribution is -2.19. The van der Waals surface area contributed by atoms with E-state index in [4.69, 9.17) is 4.63 Å². The van der Waals surface area contributed by atoms with Crippen molar-refractivity contribution in [3.63, 3.8) is 0 Å². The highest BCUT2D eigenvalue weighted by Gasteiger charge is 2.14. The number of hydrogen-bond donors (Lipinski definition) is 2. The van der Waals surface area contributed by atoms with Crippen LogP contribution < -0.4 is 10.6 Å². The lowest BCUT2D eigenvalue weighted by Gasteiger charge is -2.05. The lowest BCUT2D eigenvalue weighted by atomic mass is 10.1. The van der Waals surface area contributed by atoms with E-state index in [1.165, 1.54) is 0 Å². The first-order valence-corrected chi connectivity index (χ1v) is 6.34. The van der Waals surface area contributed by atoms with Crippen molar-refractivity contribution in [2.24, 2.45) is 0 Å². The molecule has 0 fully saturated rings. The van der Waals surface area contributed by atoms with E-state index in [2.05, 4.69) is 20.9 Å². The number of amides is 2. The minimum atomic E-state index is -0.408. The van der Waals surface area contributed by atoms with Gasteiger partial charge < -0.3 is 5.32 Å². The number of aromatic nitrogens is 2. The van der Waals surface area contributed by atoms with Crippen molar-refractivity contribution in [3.05, 3.63) is 60.7 Å². The largest absolute Gasteiger partial charge is 0.325 e. The Labute approximate surface area is 120 Å². The molecule has 0 aliphatic carbocycles. The van der Waals surface area contributed by atoms with Crippen LogP contribution in [0.2, 0.25) is 0 Å². The molecule has 2 amide bonds. The van der Waals surface area contributed by atoms with E-state index in [1.807, 2.05) is 48.5 Å². The van der Waals surface area contributed by atoms with Gasteiger partial charge in [-0.25, -0.2) is 9.42 Å². The van der Waals surface area contributed by atoms with Crippen LogP contribution in [-0.2, 0) is 0 Å². The molecule has 1 aromatic heterocycles. The molecule has 0 aliphatic rings. The van der Waals surface area contributed by atoms with Crippen molar-refractivity contribution in [1.82, 2.24) is 10.3 Å². The zero-order valence-electron chi connectivity index (χ0n) is 11.0. The van der Waals surface area contributed by atoms with Crippen molar-refractivity contribution >= 4 is 17.5 Å². The monoisotopic (exact) mass is 280 g/mol. The molecular formula is C15H12N4O2. The number of anilines is 2. The summed E-state index contributed by atoms with van der Waals surface area (Å²) in [4.78, 5) is 11.9. The molecule has 0 saturated heterocycles. The van der Waals surface area contributed by atoms with Crippen LogP contribution in [0.25, 0.3) is 11.3 Å². The maximum atomic E-state index is 11.9. The van der Waals surface area contributed by atoms with Gasteiger partial charge in [-0.3, -0.25) is 5.32 Å². The molecule has 2 aromatic carbocycles. The number of urea groups is 1. The number of nitrogens with one attached hydrogen (secondary N) is 2. The van der Waals surface area contributed by atoms with Crippen LogP contribution in [0.1, 0.15) is 0 Å². The average Bonchev–Trinajstić information content (AvgIpc) is 2.97. The fraction of sp³-hybridized carbons (Fsp3) is 0. The molecule has 2 N–H and O–H groups in total. The molecule has 6 nitrogen and oxygen atoms in total. The SMILES string of the molecule is O=C(Nc1ccccc1)Nc1nonc1-c1ccccc1. The molecule has 0 atom stereocenters. The molecule has 0 bridgehead atoms. The van der Waals surface area contributed by atoms with Gasteiger partial charge in [0.05, 0.1) is 0 Å². The van der Waals surface area contributed by atoms with Gasteiger partial charge in [0.2, 0.25) is 5.82 Å². The summed E-state index contributed by atoms with van der Waals surface area (Å²) in [5.74, 6) is 0.273. The summed E-state index contributed by atoms with van der Waals surface area (Å²) < 4.78 is 4.71. The smallest absolute Gasteiger partial charge is 0.308 e. The third kappa shape index (κ3) is 3.06. The number of para-hydroxylation sites is 1. The van der Waals surface area contributed by atoms with E-state index in [9.17, 15) is 4.79 Å². The summed E-state index contributed by atoms with van der Waals surface area (Å²) in [5.41, 5.74) is 1.99. The van der Waals surface area contributed by atoms with Crippen molar-refractivity contribution in [2.75, 3.05) is 10.6 Å². The highest BCUT2D eigenvalue weighted by molar-refractivity contribution is 6.00. The number of carbonyl (C=O) groups excluding carboxylic acids is 1. The van der Waals surface area contributed by atoms with E-state index in [1.54, 1.807) is 12.1 Å². The van der Waals surface area contributed by atoms with Gasteiger partial charge in [0, 0.05) is 11.3 Å². The predicted molar refractivity (Wildman–Crippen MR) is 78.8 cm³/mol. The Morgan fingerprint density at radius 1 is 0.857 bits per heavy atom. The third-order valence-electron chi connectivity index (χ3n) is 2.80. The van der Waals surface area contributed by atoms with Crippen LogP contribution in [0.3, 0.4) is 0 Å². The molecule has 3 rings (SSSR count). The van der Waals surface area contributed by atoms with Crippen LogP contribution in [0, 0.1) is 0 Å². The zero-order valence-corrected chi connectivity index (χ0v) is 11.0. The number of carbonyl (C=O) groups is 1. The highest BCUT2D eigenvalue weighted by atomic mass is 16.6. The van der Waals surface area contributed by atoms with Crippen LogP contribution in [0.5, 0.6) is 0 Å². The Bertz CT molecular complexity index is 726. The van der Waals surface area contributed by atoms with Crippen molar-refractivity contribution in [1.29, 1.82) is 0 Å². The second-order valence-corrected chi connectivity index (χ2v) is 4.27. The average molecular weight is 280 g/mol. The second-order valence-electron chi connectivity index (χ2n) is 4.27. The van der Waals surface area contributed by atoms with Crippen molar-refractivity contribution < 1.29 is 9.42 Å². The molecule has 1 heterocycles. The van der Waals surface area contributed by atoms with Gasteiger partial charge in [0.15, 0.2) is 5.69 Å². The van der Waals surface area contributed by atoms with E-state index in [0.717, 1.165) is 5.56 Å². The van der Waals surface area contributed by atoms with E-state index in [-0.39, 0.29) is 5.82 Å². The molecule has 0 saturated carbocycles. The van der Waals surface area contributed by atoms with Gasteiger partial charge in [0.25, 0.3) is 0 Å². The third-order valence-corrected chi connectivity index (χ3v) is 2.80. The first-order valence-electron chi connectivity index (χ1n) is 6.34. The molecular weight excluding hydrogens is 268 g/mol. The van der Waals surface area contributed by atoms with Gasteiger partial charge in [-0.1, -0.05) is 48.5 Å². The van der Waals surface area contributed by atoms with Crippen LogP contribution >= 0.6 is 0 Å². The fourth-order valence-corrected chi connectivity index (χ4v) is 1.85. The minimum absolute atomic E-state index is 0.273. The number of nitrogens with zero attached hydrogens (tertiary/aromatic N) is 2. The Balaban J connectivity index is 1.74. The van der Waals surface area contributed by atoms with Crippen LogP contribution in [0.15, 0.2) is 65.3 Å². The van der Waals surface area contributed by atoms with Gasteiger partial charge >= 0.3 is 6.03 Å². The summed E-state index contributed by atoms with van der Waals surface area (Å²) >= 11 is 0. The Kier molecular flexibility index (Phi) is 3.60. The maximum Gasteiger partial charge on any atom is 0.325 e. The van der Waals surface area contributed by atoms with E-state index < -0.39 is 6.03 Å². The molecule has 0 aliphatic heterocycles. The van der Waals surface area contributed by atoms with E-state index >= 15 is 0 Å². The van der Waals surface area contributed by atoms with Crippen molar-refractivity contribution in [2.45, 2.75) is 0 Å². The topological polar surface area (TPSA) is 80.0 Å². The summed E-state index contributed by atoms with van der Waals surface area (Å²) in [6, 6.07) is 18.1. The Morgan fingerprint density at radius 2 is 1.52 bits per heavy atom. The molecule has 104 valence electrons.